The van der Waals surface area contributed by atoms with E-state index >= 15 is 0 Å². The summed E-state index contributed by atoms with van der Waals surface area (Å²) in [4.78, 5) is 28.1. The van der Waals surface area contributed by atoms with E-state index in [9.17, 15) is 24.2 Å². The molecule has 7 nitrogen and oxygen atoms in total. The number of fused-ring (bicyclic) bond motifs is 3. The van der Waals surface area contributed by atoms with Crippen LogP contribution in [0.1, 0.15) is 37.3 Å². The molecule has 0 fully saturated rings. The first-order chi connectivity index (χ1) is 16.8. The van der Waals surface area contributed by atoms with E-state index in [1.54, 1.807) is 29.2 Å². The molecule has 2 amide bonds. The Morgan fingerprint density at radius 2 is 1.86 bits per heavy atom. The summed E-state index contributed by atoms with van der Waals surface area (Å²) in [6, 6.07) is 12.3. The van der Waals surface area contributed by atoms with Crippen molar-refractivity contribution >= 4 is 11.8 Å². The van der Waals surface area contributed by atoms with Gasteiger partial charge < -0.3 is 25.2 Å². The molecule has 186 valence electrons. The molecule has 2 aromatic carbocycles. The lowest BCUT2D eigenvalue weighted by Gasteiger charge is -2.41. The highest BCUT2D eigenvalue weighted by Crippen LogP contribution is 2.47. The zero-order chi connectivity index (χ0) is 25.1. The van der Waals surface area contributed by atoms with Gasteiger partial charge in [0.05, 0.1) is 18.6 Å². The van der Waals surface area contributed by atoms with Gasteiger partial charge in [-0.1, -0.05) is 44.2 Å². The first-order valence-electron chi connectivity index (χ1n) is 11.9. The quantitative estimate of drug-likeness (QED) is 0.537. The zero-order valence-corrected chi connectivity index (χ0v) is 19.9. The maximum Gasteiger partial charge on any atom is 0.247 e. The van der Waals surface area contributed by atoms with E-state index in [0.717, 1.165) is 5.56 Å². The first kappa shape index (κ1) is 24.9. The lowest BCUT2D eigenvalue weighted by Crippen LogP contribution is -2.55. The number of hydrogen-bond donors (Lipinski definition) is 3. The highest BCUT2D eigenvalue weighted by atomic mass is 19.1. The minimum atomic E-state index is -1.10. The van der Waals surface area contributed by atoms with E-state index in [4.69, 9.17) is 4.74 Å². The van der Waals surface area contributed by atoms with Gasteiger partial charge in [-0.15, -0.1) is 0 Å². The van der Waals surface area contributed by atoms with Crippen LogP contribution < -0.4 is 10.1 Å². The molecule has 4 rings (SSSR count). The average Bonchev–Trinajstić information content (AvgIpc) is 3.22. The van der Waals surface area contributed by atoms with Crippen molar-refractivity contribution in [2.24, 2.45) is 5.92 Å². The van der Waals surface area contributed by atoms with Crippen molar-refractivity contribution in [2.45, 2.75) is 51.0 Å². The van der Waals surface area contributed by atoms with E-state index < -0.39 is 24.2 Å². The zero-order valence-electron chi connectivity index (χ0n) is 19.9. The normalized spacial score (nSPS) is 22.6. The number of amides is 2. The molecule has 0 aromatic heterocycles. The Morgan fingerprint density at radius 1 is 1.14 bits per heavy atom. The molecule has 0 bridgehead atoms. The van der Waals surface area contributed by atoms with E-state index in [2.05, 4.69) is 5.32 Å². The molecular formula is C27H31FN2O5. The number of para-hydroxylation sites is 1. The van der Waals surface area contributed by atoms with Crippen LogP contribution >= 0.6 is 0 Å². The third kappa shape index (κ3) is 5.23. The molecular weight excluding hydrogens is 451 g/mol. The second kappa shape index (κ2) is 10.6. The van der Waals surface area contributed by atoms with Gasteiger partial charge in [0.25, 0.3) is 0 Å². The van der Waals surface area contributed by atoms with Crippen molar-refractivity contribution in [3.63, 3.8) is 0 Å². The Hall–Kier alpha value is -3.23. The predicted octanol–water partition coefficient (Wildman–Crippen LogP) is 2.52. The number of aliphatic hydroxyl groups is 2. The molecule has 35 heavy (non-hydrogen) atoms. The standard InChI is InChI=1S/C27H31FN2O5/c1-16(2)13-23(32)30(15-17-7-9-18(28)10-8-17)21-14-20(27(34)29-11-12-31)24-19-5-3-4-6-22(19)35-26(24)25(21)33/h3-10,14,16,21,24-26,31,33H,11-13,15H2,1-2H3,(H,29,34)/t21-,24+,25+,26+/m1/s1. The summed E-state index contributed by atoms with van der Waals surface area (Å²) in [6.07, 6.45) is 0.0313. The van der Waals surface area contributed by atoms with Crippen molar-refractivity contribution in [3.8, 4) is 5.75 Å². The summed E-state index contributed by atoms with van der Waals surface area (Å²) < 4.78 is 19.6. The van der Waals surface area contributed by atoms with E-state index in [-0.39, 0.29) is 49.7 Å². The number of benzene rings is 2. The summed E-state index contributed by atoms with van der Waals surface area (Å²) in [6.45, 7) is 3.87. The number of carbonyl (C=O) groups is 2. The van der Waals surface area contributed by atoms with Crippen molar-refractivity contribution < 1.29 is 28.9 Å². The molecule has 2 aromatic rings. The topological polar surface area (TPSA) is 99.1 Å². The Kier molecular flexibility index (Phi) is 7.52. The Balaban J connectivity index is 1.75. The molecule has 0 saturated carbocycles. The molecule has 3 N–H and O–H groups in total. The minimum absolute atomic E-state index is 0.0782. The molecule has 8 heteroatoms. The largest absolute Gasteiger partial charge is 0.486 e. The molecule has 1 heterocycles. The first-order valence-corrected chi connectivity index (χ1v) is 11.9. The number of carbonyl (C=O) groups excluding carboxylic acids is 2. The highest BCUT2D eigenvalue weighted by Gasteiger charge is 2.50. The fourth-order valence-corrected chi connectivity index (χ4v) is 4.80. The van der Waals surface area contributed by atoms with Crippen LogP contribution in [0.15, 0.2) is 60.2 Å². The number of nitrogens with zero attached hydrogens (tertiary/aromatic N) is 1. The van der Waals surface area contributed by atoms with Crippen molar-refractivity contribution in [1.29, 1.82) is 0 Å². The van der Waals surface area contributed by atoms with Gasteiger partial charge in [0, 0.05) is 30.6 Å². The fourth-order valence-electron chi connectivity index (χ4n) is 4.80. The van der Waals surface area contributed by atoms with Crippen LogP contribution in [0, 0.1) is 11.7 Å². The van der Waals surface area contributed by atoms with Gasteiger partial charge in [-0.25, -0.2) is 4.39 Å². The van der Waals surface area contributed by atoms with Crippen molar-refractivity contribution in [1.82, 2.24) is 10.2 Å². The van der Waals surface area contributed by atoms with Crippen LogP contribution in [-0.2, 0) is 16.1 Å². The maximum absolute atomic E-state index is 13.5. The molecule has 0 saturated heterocycles. The van der Waals surface area contributed by atoms with E-state index in [1.807, 2.05) is 32.0 Å². The summed E-state index contributed by atoms with van der Waals surface area (Å²) in [5.41, 5.74) is 1.87. The van der Waals surface area contributed by atoms with Crippen LogP contribution in [0.3, 0.4) is 0 Å². The maximum atomic E-state index is 13.5. The molecule has 2 aliphatic rings. The van der Waals surface area contributed by atoms with Crippen LogP contribution in [0.4, 0.5) is 4.39 Å². The third-order valence-electron chi connectivity index (χ3n) is 6.41. The fraction of sp³-hybridized carbons (Fsp3) is 0.407. The molecule has 0 spiro atoms. The van der Waals surface area contributed by atoms with Crippen molar-refractivity contribution in [2.75, 3.05) is 13.2 Å². The number of halogens is 1. The molecule has 0 radical (unpaired) electrons. The van der Waals surface area contributed by atoms with E-state index in [0.29, 0.717) is 16.9 Å². The predicted molar refractivity (Wildman–Crippen MR) is 128 cm³/mol. The van der Waals surface area contributed by atoms with E-state index in [1.165, 1.54) is 12.1 Å². The number of ether oxygens (including phenoxy) is 1. The number of rotatable bonds is 8. The highest BCUT2D eigenvalue weighted by molar-refractivity contribution is 5.96. The monoisotopic (exact) mass is 482 g/mol. The van der Waals surface area contributed by atoms with Gasteiger partial charge in [-0.05, 0) is 35.8 Å². The Labute approximate surface area is 204 Å². The lowest BCUT2D eigenvalue weighted by molar-refractivity contribution is -0.138. The van der Waals surface area contributed by atoms with Crippen LogP contribution in [0.5, 0.6) is 5.75 Å². The Bertz CT molecular complexity index is 1100. The molecule has 4 atom stereocenters. The summed E-state index contributed by atoms with van der Waals surface area (Å²) in [7, 11) is 0. The second-order valence-corrected chi connectivity index (χ2v) is 9.43. The van der Waals surface area contributed by atoms with Gasteiger partial charge >= 0.3 is 0 Å². The third-order valence-corrected chi connectivity index (χ3v) is 6.41. The smallest absolute Gasteiger partial charge is 0.247 e. The Morgan fingerprint density at radius 3 is 2.54 bits per heavy atom. The van der Waals surface area contributed by atoms with Gasteiger partial charge in [0.1, 0.15) is 23.8 Å². The minimum Gasteiger partial charge on any atom is -0.486 e. The number of nitrogens with one attached hydrogen (secondary N) is 1. The van der Waals surface area contributed by atoms with Gasteiger partial charge in [0.2, 0.25) is 11.8 Å². The molecule has 0 unspecified atom stereocenters. The van der Waals surface area contributed by atoms with Crippen LogP contribution in [0.2, 0.25) is 0 Å². The van der Waals surface area contributed by atoms with Crippen molar-refractivity contribution in [3.05, 3.63) is 77.1 Å². The van der Waals surface area contributed by atoms with Gasteiger partial charge in [-0.2, -0.15) is 0 Å². The summed E-state index contributed by atoms with van der Waals surface area (Å²) in [5.74, 6) is -0.798. The second-order valence-electron chi connectivity index (χ2n) is 9.43. The summed E-state index contributed by atoms with van der Waals surface area (Å²) in [5, 5.41) is 23.4. The lowest BCUT2D eigenvalue weighted by atomic mass is 9.77. The SMILES string of the molecule is CC(C)CC(=O)N(Cc1ccc(F)cc1)[C@@H]1C=C(C(=O)NCCO)[C@@H]2c3ccccc3O[C@@H]2[C@H]1O. The number of aliphatic hydroxyl groups excluding tert-OH is 2. The number of hydrogen-bond acceptors (Lipinski definition) is 5. The van der Waals surface area contributed by atoms with Gasteiger partial charge in [-0.3, -0.25) is 9.59 Å². The molecule has 1 aliphatic carbocycles. The van der Waals surface area contributed by atoms with Gasteiger partial charge in [0.15, 0.2) is 0 Å². The average molecular weight is 483 g/mol. The van der Waals surface area contributed by atoms with Crippen LogP contribution in [0.25, 0.3) is 0 Å². The van der Waals surface area contributed by atoms with Crippen LogP contribution in [-0.4, -0.2) is 58.3 Å². The molecule has 1 aliphatic heterocycles. The summed E-state index contributed by atoms with van der Waals surface area (Å²) >= 11 is 0.